The van der Waals surface area contributed by atoms with Crippen LogP contribution >= 0.6 is 0 Å². The fraction of sp³-hybridized carbons (Fsp3) is 0. The number of fused-ring (bicyclic) bond motifs is 8. The highest BCUT2D eigenvalue weighted by atomic mass is 15.3. The molecule has 0 unspecified atom stereocenters. The molecule has 0 amide bonds. The van der Waals surface area contributed by atoms with E-state index in [0.717, 1.165) is 108 Å². The molecule has 1 aromatic heterocycles. The van der Waals surface area contributed by atoms with Gasteiger partial charge in [0, 0.05) is 91.4 Å². The van der Waals surface area contributed by atoms with Crippen molar-refractivity contribution in [3.05, 3.63) is 322 Å². The number of anilines is 18. The zero-order chi connectivity index (χ0) is 56.7. The van der Waals surface area contributed by atoms with Crippen LogP contribution in [0.4, 0.5) is 103 Å². The molecule has 0 fully saturated rings. The van der Waals surface area contributed by atoms with Gasteiger partial charge in [-0.1, -0.05) is 188 Å². The molecule has 0 spiro atoms. The van der Waals surface area contributed by atoms with Crippen molar-refractivity contribution in [3.63, 3.8) is 0 Å². The lowest BCUT2D eigenvalue weighted by Crippen LogP contribution is -2.65. The average Bonchev–Trinajstić information content (AvgIpc) is 0.707. The van der Waals surface area contributed by atoms with E-state index in [-0.39, 0.29) is 13.4 Å². The van der Waals surface area contributed by atoms with Crippen LogP contribution in [-0.2, 0) is 0 Å². The standard InChI is InChI=1S/C77H53B2N7/c1-9-29-54(30-10-1)81(55-31-11-2-12-32-55)62-49-71-75-72(50-62)85(60-41-21-7-22-42-60)69-52-70-66(51-65(69)78(75)63-45-25-27-47-67(63)83(71)58-37-17-5-18-38-58)79-64-46-26-28-48-68(64)84(59-39-19-6-20-40-59)73-53-74(80-77(76(73)79)86(70)61-43-23-8-24-44-61)82(56-33-13-3-14-34-56)57-35-15-4-16-36-57/h1-53H. The summed E-state index contributed by atoms with van der Waals surface area (Å²) in [4.78, 5) is 20.7. The van der Waals surface area contributed by atoms with Gasteiger partial charge in [0.05, 0.1) is 5.69 Å². The summed E-state index contributed by atoms with van der Waals surface area (Å²) in [6, 6.07) is 117. The third-order valence-electron chi connectivity index (χ3n) is 17.5. The minimum atomic E-state index is -0.210. The second kappa shape index (κ2) is 20.3. The van der Waals surface area contributed by atoms with Crippen LogP contribution < -0.4 is 62.2 Å². The molecule has 0 N–H and O–H groups in total. The van der Waals surface area contributed by atoms with E-state index in [2.05, 4.69) is 351 Å². The lowest BCUT2D eigenvalue weighted by molar-refractivity contribution is 1.13. The lowest BCUT2D eigenvalue weighted by Gasteiger charge is -2.47. The lowest BCUT2D eigenvalue weighted by atomic mass is 9.30. The molecule has 0 aliphatic carbocycles. The number of benzene rings is 12. The van der Waals surface area contributed by atoms with Gasteiger partial charge in [0.15, 0.2) is 0 Å². The number of nitrogens with zero attached hydrogens (tertiary/aromatic N) is 7. The zero-order valence-electron chi connectivity index (χ0n) is 46.9. The Hall–Kier alpha value is -11.3. The highest BCUT2D eigenvalue weighted by Crippen LogP contribution is 2.51. The number of para-hydroxylation sites is 10. The number of hydrogen-bond acceptors (Lipinski definition) is 7. The molecule has 9 heteroatoms. The van der Waals surface area contributed by atoms with Gasteiger partial charge >= 0.3 is 0 Å². The first-order chi connectivity index (χ1) is 42.7. The minimum absolute atomic E-state index is 0.163. The van der Waals surface area contributed by atoms with Crippen LogP contribution in [0.5, 0.6) is 0 Å². The Kier molecular flexibility index (Phi) is 11.6. The molecule has 7 nitrogen and oxygen atoms in total. The second-order valence-corrected chi connectivity index (χ2v) is 22.3. The van der Waals surface area contributed by atoms with E-state index >= 15 is 0 Å². The maximum atomic E-state index is 6.05. The minimum Gasteiger partial charge on any atom is -0.311 e. The van der Waals surface area contributed by atoms with Crippen LogP contribution in [0.15, 0.2) is 322 Å². The van der Waals surface area contributed by atoms with Gasteiger partial charge in [-0.15, -0.1) is 0 Å². The summed E-state index contributed by atoms with van der Waals surface area (Å²) in [5, 5.41) is 0. The van der Waals surface area contributed by atoms with Crippen molar-refractivity contribution in [1.29, 1.82) is 0 Å². The van der Waals surface area contributed by atoms with Crippen molar-refractivity contribution in [3.8, 4) is 0 Å². The van der Waals surface area contributed by atoms with E-state index < -0.39 is 0 Å². The highest BCUT2D eigenvalue weighted by Gasteiger charge is 2.49. The van der Waals surface area contributed by atoms with Crippen molar-refractivity contribution < 1.29 is 0 Å². The van der Waals surface area contributed by atoms with Gasteiger partial charge < -0.3 is 19.6 Å². The highest BCUT2D eigenvalue weighted by molar-refractivity contribution is 7.03. The van der Waals surface area contributed by atoms with E-state index in [1.165, 1.54) is 27.3 Å². The number of pyridine rings is 1. The molecule has 12 aromatic carbocycles. The molecular formula is C77H53B2N7. The maximum Gasteiger partial charge on any atom is 0.254 e. The fourth-order valence-electron chi connectivity index (χ4n) is 14.0. The normalized spacial score (nSPS) is 13.0. The average molecular weight is 1100 g/mol. The topological polar surface area (TPSA) is 32.3 Å². The maximum absolute atomic E-state index is 6.05. The van der Waals surface area contributed by atoms with Crippen molar-refractivity contribution in [1.82, 2.24) is 4.98 Å². The van der Waals surface area contributed by atoms with Gasteiger partial charge in [0.25, 0.3) is 13.4 Å². The quantitative estimate of drug-likeness (QED) is 0.126. The Morgan fingerprint density at radius 2 is 0.558 bits per heavy atom. The van der Waals surface area contributed by atoms with Gasteiger partial charge in [-0.05, 0) is 160 Å². The summed E-state index contributed by atoms with van der Waals surface area (Å²) in [5.74, 6) is 1.68. The first kappa shape index (κ1) is 49.3. The molecule has 4 aliphatic heterocycles. The summed E-state index contributed by atoms with van der Waals surface area (Å²) in [5.41, 5.74) is 24.6. The first-order valence-electron chi connectivity index (χ1n) is 29.5. The molecule has 0 radical (unpaired) electrons. The Morgan fingerprint density at radius 1 is 0.233 bits per heavy atom. The third-order valence-corrected chi connectivity index (χ3v) is 17.5. The van der Waals surface area contributed by atoms with Gasteiger partial charge in [-0.2, -0.15) is 0 Å². The Balaban J connectivity index is 0.995. The van der Waals surface area contributed by atoms with Crippen LogP contribution in [0.1, 0.15) is 0 Å². The van der Waals surface area contributed by atoms with E-state index in [9.17, 15) is 0 Å². The molecule has 0 saturated carbocycles. The molecule has 86 heavy (non-hydrogen) atoms. The second-order valence-electron chi connectivity index (χ2n) is 22.3. The van der Waals surface area contributed by atoms with Gasteiger partial charge in [-0.25, -0.2) is 4.98 Å². The van der Waals surface area contributed by atoms with E-state index in [1.807, 2.05) is 0 Å². The molecule has 0 saturated heterocycles. The SMILES string of the molecule is c1ccc(N(c2ccccc2)c2cc3c4c(c2)N(c2ccccc2)c2cc5c(cc2B4c2ccccc2N3c2ccccc2)B2c3ccccc3N(c3ccccc3)c3cc(N(c4ccccc4)c4ccccc4)nc(c32)N5c2ccccc2)cc1. The zero-order valence-corrected chi connectivity index (χ0v) is 46.9. The summed E-state index contributed by atoms with van der Waals surface area (Å²) in [6.07, 6.45) is 0. The van der Waals surface area contributed by atoms with E-state index in [4.69, 9.17) is 4.98 Å². The monoisotopic (exact) mass is 1100 g/mol. The van der Waals surface area contributed by atoms with Gasteiger partial charge in [-0.3, -0.25) is 9.80 Å². The summed E-state index contributed by atoms with van der Waals surface area (Å²) >= 11 is 0. The largest absolute Gasteiger partial charge is 0.311 e. The molecule has 402 valence electrons. The summed E-state index contributed by atoms with van der Waals surface area (Å²) in [6.45, 7) is -0.373. The van der Waals surface area contributed by atoms with E-state index in [1.54, 1.807) is 0 Å². The van der Waals surface area contributed by atoms with Crippen LogP contribution in [0.25, 0.3) is 0 Å². The van der Waals surface area contributed by atoms with Crippen LogP contribution in [0.3, 0.4) is 0 Å². The van der Waals surface area contributed by atoms with Crippen molar-refractivity contribution in [2.75, 3.05) is 29.4 Å². The smallest absolute Gasteiger partial charge is 0.254 e. The Morgan fingerprint density at radius 3 is 0.988 bits per heavy atom. The van der Waals surface area contributed by atoms with Crippen LogP contribution in [-0.4, -0.2) is 18.4 Å². The summed E-state index contributed by atoms with van der Waals surface area (Å²) < 4.78 is 0. The van der Waals surface area contributed by atoms with Crippen LogP contribution in [0.2, 0.25) is 0 Å². The predicted molar refractivity (Wildman–Crippen MR) is 362 cm³/mol. The molecule has 0 bridgehead atoms. The number of hydrogen-bond donors (Lipinski definition) is 0. The number of aromatic nitrogens is 1. The molecule has 17 rings (SSSR count). The Bertz CT molecular complexity index is 4300. The third kappa shape index (κ3) is 7.82. The van der Waals surface area contributed by atoms with Crippen LogP contribution in [0, 0.1) is 0 Å². The number of rotatable bonds is 10. The predicted octanol–water partition coefficient (Wildman–Crippen LogP) is 16.2. The van der Waals surface area contributed by atoms with Gasteiger partial charge in [0.1, 0.15) is 11.6 Å². The van der Waals surface area contributed by atoms with Crippen molar-refractivity contribution in [2.24, 2.45) is 0 Å². The summed E-state index contributed by atoms with van der Waals surface area (Å²) in [7, 11) is 0. The molecule has 0 atom stereocenters. The fourth-order valence-corrected chi connectivity index (χ4v) is 14.0. The van der Waals surface area contributed by atoms with Gasteiger partial charge in [0.2, 0.25) is 0 Å². The Labute approximate surface area is 502 Å². The van der Waals surface area contributed by atoms with Crippen molar-refractivity contribution in [2.45, 2.75) is 0 Å². The van der Waals surface area contributed by atoms with E-state index in [0.29, 0.717) is 0 Å². The molecule has 5 heterocycles. The molecule has 13 aromatic rings. The molecular weight excluding hydrogens is 1040 g/mol. The molecule has 4 aliphatic rings. The first-order valence-corrected chi connectivity index (χ1v) is 29.5. The van der Waals surface area contributed by atoms with Crippen molar-refractivity contribution >= 4 is 149 Å².